The van der Waals surface area contributed by atoms with Gasteiger partial charge in [0.15, 0.2) is 0 Å². The van der Waals surface area contributed by atoms with E-state index in [1.54, 1.807) is 16.8 Å². The Kier molecular flexibility index (Phi) is 4.12. The number of carbonyl (C=O) groups is 1. The number of carbonyl (C=O) groups excluding carboxylic acids is 1. The maximum Gasteiger partial charge on any atom is 0.226 e. The van der Waals surface area contributed by atoms with Crippen molar-refractivity contribution in [2.24, 2.45) is 5.41 Å². The fourth-order valence-electron chi connectivity index (χ4n) is 2.33. The molecule has 0 atom stereocenters. The van der Waals surface area contributed by atoms with Crippen LogP contribution in [0, 0.1) is 5.41 Å². The summed E-state index contributed by atoms with van der Waals surface area (Å²) in [7, 11) is 0. The third-order valence-electron chi connectivity index (χ3n) is 3.63. The molecule has 1 fully saturated rings. The SMILES string of the molecule is CCC1(C(=O)NCc2cscn2)CCNCC1. The quantitative estimate of drug-likeness (QED) is 0.856. The molecule has 0 saturated carbocycles. The molecule has 0 spiro atoms. The van der Waals surface area contributed by atoms with Gasteiger partial charge in [-0.15, -0.1) is 11.3 Å². The standard InChI is InChI=1S/C12H19N3OS/c1-2-12(3-5-13-6-4-12)11(16)14-7-10-8-17-9-15-10/h8-9,13H,2-7H2,1H3,(H,14,16). The number of nitrogens with zero attached hydrogens (tertiary/aromatic N) is 1. The van der Waals surface area contributed by atoms with Gasteiger partial charge < -0.3 is 10.6 Å². The number of piperidine rings is 1. The molecule has 0 unspecified atom stereocenters. The van der Waals surface area contributed by atoms with Crippen LogP contribution in [0.5, 0.6) is 0 Å². The molecule has 17 heavy (non-hydrogen) atoms. The highest BCUT2D eigenvalue weighted by Gasteiger charge is 2.37. The van der Waals surface area contributed by atoms with Crippen molar-refractivity contribution in [2.45, 2.75) is 32.7 Å². The van der Waals surface area contributed by atoms with Crippen molar-refractivity contribution in [3.8, 4) is 0 Å². The van der Waals surface area contributed by atoms with Crippen LogP contribution in [0.3, 0.4) is 0 Å². The molecule has 5 heteroatoms. The topological polar surface area (TPSA) is 54.0 Å². The van der Waals surface area contributed by atoms with Gasteiger partial charge in [-0.25, -0.2) is 4.98 Å². The Morgan fingerprint density at radius 1 is 1.59 bits per heavy atom. The Labute approximate surface area is 106 Å². The van der Waals surface area contributed by atoms with Gasteiger partial charge in [-0.1, -0.05) is 6.92 Å². The van der Waals surface area contributed by atoms with Crippen molar-refractivity contribution in [3.05, 3.63) is 16.6 Å². The lowest BCUT2D eigenvalue weighted by Crippen LogP contribution is -2.47. The van der Waals surface area contributed by atoms with Crippen molar-refractivity contribution >= 4 is 17.2 Å². The minimum absolute atomic E-state index is 0.165. The molecular weight excluding hydrogens is 234 g/mol. The summed E-state index contributed by atoms with van der Waals surface area (Å²) in [6.07, 6.45) is 2.79. The number of hydrogen-bond donors (Lipinski definition) is 2. The van der Waals surface area contributed by atoms with Crippen LogP contribution >= 0.6 is 11.3 Å². The molecule has 1 aromatic rings. The Hall–Kier alpha value is -0.940. The Balaban J connectivity index is 1.93. The van der Waals surface area contributed by atoms with E-state index >= 15 is 0 Å². The van der Waals surface area contributed by atoms with Gasteiger partial charge in [-0.2, -0.15) is 0 Å². The second-order valence-corrected chi connectivity index (χ2v) is 5.27. The molecule has 1 aromatic heterocycles. The third-order valence-corrected chi connectivity index (χ3v) is 4.27. The van der Waals surface area contributed by atoms with Gasteiger partial charge in [0.05, 0.1) is 23.2 Å². The van der Waals surface area contributed by atoms with Crippen LogP contribution in [0.15, 0.2) is 10.9 Å². The van der Waals surface area contributed by atoms with Crippen LogP contribution in [-0.4, -0.2) is 24.0 Å². The third kappa shape index (κ3) is 2.84. The zero-order valence-corrected chi connectivity index (χ0v) is 11.0. The molecule has 0 bridgehead atoms. The van der Waals surface area contributed by atoms with E-state index in [2.05, 4.69) is 22.5 Å². The van der Waals surface area contributed by atoms with Crippen LogP contribution in [0.2, 0.25) is 0 Å². The number of thiazole rings is 1. The fraction of sp³-hybridized carbons (Fsp3) is 0.667. The Morgan fingerprint density at radius 3 is 2.94 bits per heavy atom. The maximum atomic E-state index is 12.3. The molecule has 0 aromatic carbocycles. The summed E-state index contributed by atoms with van der Waals surface area (Å²) in [5, 5.41) is 8.31. The van der Waals surface area contributed by atoms with Gasteiger partial charge in [0.25, 0.3) is 0 Å². The number of hydrogen-bond acceptors (Lipinski definition) is 4. The van der Waals surface area contributed by atoms with Gasteiger partial charge in [0.1, 0.15) is 0 Å². The maximum absolute atomic E-state index is 12.3. The van der Waals surface area contributed by atoms with E-state index in [9.17, 15) is 4.79 Å². The fourth-order valence-corrected chi connectivity index (χ4v) is 2.89. The second kappa shape index (κ2) is 5.60. The Morgan fingerprint density at radius 2 is 2.35 bits per heavy atom. The van der Waals surface area contributed by atoms with Gasteiger partial charge in [0, 0.05) is 5.38 Å². The lowest BCUT2D eigenvalue weighted by atomic mass is 9.76. The minimum atomic E-state index is -0.165. The van der Waals surface area contributed by atoms with Crippen LogP contribution in [0.25, 0.3) is 0 Å². The van der Waals surface area contributed by atoms with Crippen molar-refractivity contribution in [1.82, 2.24) is 15.6 Å². The highest BCUT2D eigenvalue weighted by atomic mass is 32.1. The van der Waals surface area contributed by atoms with Crippen molar-refractivity contribution in [2.75, 3.05) is 13.1 Å². The largest absolute Gasteiger partial charge is 0.350 e. The van der Waals surface area contributed by atoms with Gasteiger partial charge in [-0.3, -0.25) is 4.79 Å². The van der Waals surface area contributed by atoms with E-state index in [1.807, 2.05) is 5.38 Å². The van der Waals surface area contributed by atoms with E-state index in [0.717, 1.165) is 38.0 Å². The van der Waals surface area contributed by atoms with E-state index in [0.29, 0.717) is 6.54 Å². The van der Waals surface area contributed by atoms with Crippen LogP contribution in [0.1, 0.15) is 31.9 Å². The van der Waals surface area contributed by atoms with E-state index in [1.165, 1.54) is 0 Å². The number of rotatable bonds is 4. The molecular formula is C12H19N3OS. The molecule has 2 heterocycles. The molecule has 1 aliphatic rings. The zero-order valence-electron chi connectivity index (χ0n) is 10.2. The summed E-state index contributed by atoms with van der Waals surface area (Å²) in [6, 6.07) is 0. The lowest BCUT2D eigenvalue weighted by Gasteiger charge is -2.35. The van der Waals surface area contributed by atoms with E-state index < -0.39 is 0 Å². The molecule has 1 saturated heterocycles. The number of aromatic nitrogens is 1. The first kappa shape index (κ1) is 12.5. The van der Waals surface area contributed by atoms with E-state index in [4.69, 9.17) is 0 Å². The normalized spacial score (nSPS) is 18.9. The summed E-state index contributed by atoms with van der Waals surface area (Å²) >= 11 is 1.56. The summed E-state index contributed by atoms with van der Waals surface area (Å²) < 4.78 is 0. The molecule has 94 valence electrons. The smallest absolute Gasteiger partial charge is 0.226 e. The van der Waals surface area contributed by atoms with Gasteiger partial charge in [0.2, 0.25) is 5.91 Å². The zero-order chi connectivity index (χ0) is 12.1. The summed E-state index contributed by atoms with van der Waals surface area (Å²) in [6.45, 7) is 4.54. The van der Waals surface area contributed by atoms with Gasteiger partial charge in [-0.05, 0) is 32.4 Å². The first-order chi connectivity index (χ1) is 8.27. The number of nitrogens with one attached hydrogen (secondary N) is 2. The summed E-state index contributed by atoms with van der Waals surface area (Å²) in [4.78, 5) is 16.5. The Bertz CT molecular complexity index is 358. The summed E-state index contributed by atoms with van der Waals surface area (Å²) in [5.74, 6) is 0.189. The van der Waals surface area contributed by atoms with Crippen LogP contribution in [0.4, 0.5) is 0 Å². The number of amides is 1. The highest BCUT2D eigenvalue weighted by Crippen LogP contribution is 2.32. The predicted octanol–water partition coefficient (Wildman–Crippen LogP) is 1.54. The molecule has 0 radical (unpaired) electrons. The van der Waals surface area contributed by atoms with Crippen LogP contribution < -0.4 is 10.6 Å². The highest BCUT2D eigenvalue weighted by molar-refractivity contribution is 7.07. The van der Waals surface area contributed by atoms with Gasteiger partial charge >= 0.3 is 0 Å². The molecule has 1 amide bonds. The van der Waals surface area contributed by atoms with Crippen molar-refractivity contribution in [3.63, 3.8) is 0 Å². The molecule has 1 aliphatic heterocycles. The average Bonchev–Trinajstić information content (AvgIpc) is 2.90. The second-order valence-electron chi connectivity index (χ2n) is 4.55. The molecule has 4 nitrogen and oxygen atoms in total. The molecule has 2 N–H and O–H groups in total. The first-order valence-corrected chi connectivity index (χ1v) is 7.07. The first-order valence-electron chi connectivity index (χ1n) is 6.13. The monoisotopic (exact) mass is 253 g/mol. The average molecular weight is 253 g/mol. The van der Waals surface area contributed by atoms with Crippen molar-refractivity contribution < 1.29 is 4.79 Å². The molecule has 2 rings (SSSR count). The van der Waals surface area contributed by atoms with Crippen LogP contribution in [-0.2, 0) is 11.3 Å². The minimum Gasteiger partial charge on any atom is -0.350 e. The lowest BCUT2D eigenvalue weighted by molar-refractivity contribution is -0.133. The molecule has 0 aliphatic carbocycles. The summed E-state index contributed by atoms with van der Waals surface area (Å²) in [5.41, 5.74) is 2.58. The predicted molar refractivity (Wildman–Crippen MR) is 68.8 cm³/mol. The van der Waals surface area contributed by atoms with E-state index in [-0.39, 0.29) is 11.3 Å². The van der Waals surface area contributed by atoms with Crippen molar-refractivity contribution in [1.29, 1.82) is 0 Å².